The van der Waals surface area contributed by atoms with Gasteiger partial charge in [-0.1, -0.05) is 26.8 Å². The van der Waals surface area contributed by atoms with Crippen molar-refractivity contribution in [2.75, 3.05) is 11.5 Å². The van der Waals surface area contributed by atoms with Gasteiger partial charge in [-0.05, 0) is 29.5 Å². The van der Waals surface area contributed by atoms with Crippen LogP contribution in [-0.4, -0.2) is 0 Å². The Hall–Kier alpha value is -1.18. The molecular weight excluding hydrogens is 160 g/mol. The molecule has 2 heteroatoms. The Morgan fingerprint density at radius 2 is 1.62 bits per heavy atom. The van der Waals surface area contributed by atoms with Crippen molar-refractivity contribution in [2.45, 2.75) is 33.1 Å². The van der Waals surface area contributed by atoms with E-state index in [1.807, 2.05) is 13.0 Å². The third kappa shape index (κ3) is 1.94. The Labute approximate surface area is 79.9 Å². The van der Waals surface area contributed by atoms with Crippen molar-refractivity contribution in [2.24, 2.45) is 0 Å². The molecule has 0 amide bonds. The van der Waals surface area contributed by atoms with Gasteiger partial charge in [0, 0.05) is 0 Å². The number of rotatable bonds is 0. The second-order valence-corrected chi connectivity index (χ2v) is 4.55. The molecule has 0 fully saturated rings. The average molecular weight is 178 g/mol. The smallest absolute Gasteiger partial charge is 0.0577 e. The normalized spacial score (nSPS) is 11.7. The number of nitrogen functional groups attached to an aromatic ring is 2. The average Bonchev–Trinajstić information content (AvgIpc) is 1.97. The minimum absolute atomic E-state index is 0.132. The van der Waals surface area contributed by atoms with Gasteiger partial charge in [0.25, 0.3) is 0 Å². The monoisotopic (exact) mass is 178 g/mol. The molecule has 0 radical (unpaired) electrons. The second-order valence-electron chi connectivity index (χ2n) is 4.55. The standard InChI is InChI=1S/C11H18N2/c1-7-5-8(11(2,3)4)6-9(12)10(7)13/h5-6H,12-13H2,1-4H3. The lowest BCUT2D eigenvalue weighted by Gasteiger charge is -2.21. The summed E-state index contributed by atoms with van der Waals surface area (Å²) in [5.74, 6) is 0. The molecule has 0 aromatic heterocycles. The van der Waals surface area contributed by atoms with Crippen molar-refractivity contribution in [3.8, 4) is 0 Å². The molecule has 0 unspecified atom stereocenters. The molecule has 2 nitrogen and oxygen atoms in total. The summed E-state index contributed by atoms with van der Waals surface area (Å²) in [7, 11) is 0. The number of hydrogen-bond acceptors (Lipinski definition) is 2. The van der Waals surface area contributed by atoms with Crippen LogP contribution in [0.5, 0.6) is 0 Å². The van der Waals surface area contributed by atoms with Crippen LogP contribution in [0.1, 0.15) is 31.9 Å². The maximum atomic E-state index is 5.79. The third-order valence-corrected chi connectivity index (χ3v) is 2.28. The van der Waals surface area contributed by atoms with Crippen molar-refractivity contribution in [1.29, 1.82) is 0 Å². The molecule has 0 aliphatic rings. The predicted molar refractivity (Wildman–Crippen MR) is 58.7 cm³/mol. The lowest BCUT2D eigenvalue weighted by Crippen LogP contribution is -2.12. The molecule has 1 aromatic rings. The summed E-state index contributed by atoms with van der Waals surface area (Å²) >= 11 is 0. The minimum atomic E-state index is 0.132. The number of hydrogen-bond donors (Lipinski definition) is 2. The highest BCUT2D eigenvalue weighted by Crippen LogP contribution is 2.29. The molecule has 0 bridgehead atoms. The van der Waals surface area contributed by atoms with Crippen molar-refractivity contribution >= 4 is 11.4 Å². The van der Waals surface area contributed by atoms with Gasteiger partial charge in [-0.15, -0.1) is 0 Å². The minimum Gasteiger partial charge on any atom is -0.397 e. The number of nitrogens with two attached hydrogens (primary N) is 2. The molecule has 0 heterocycles. The Kier molecular flexibility index (Phi) is 2.24. The molecule has 1 aromatic carbocycles. The largest absolute Gasteiger partial charge is 0.397 e. The molecule has 0 spiro atoms. The molecule has 0 saturated heterocycles. The first kappa shape index (κ1) is 9.90. The lowest BCUT2D eigenvalue weighted by molar-refractivity contribution is 0.590. The van der Waals surface area contributed by atoms with E-state index in [1.165, 1.54) is 5.56 Å². The van der Waals surface area contributed by atoms with E-state index in [4.69, 9.17) is 11.5 Å². The molecular formula is C11H18N2. The zero-order valence-corrected chi connectivity index (χ0v) is 8.81. The number of anilines is 2. The summed E-state index contributed by atoms with van der Waals surface area (Å²) in [5, 5.41) is 0. The van der Waals surface area contributed by atoms with Gasteiger partial charge in [-0.2, -0.15) is 0 Å². The highest BCUT2D eigenvalue weighted by Gasteiger charge is 2.15. The maximum absolute atomic E-state index is 5.79. The van der Waals surface area contributed by atoms with E-state index in [0.29, 0.717) is 11.4 Å². The lowest BCUT2D eigenvalue weighted by atomic mass is 9.85. The summed E-state index contributed by atoms with van der Waals surface area (Å²) in [6.45, 7) is 8.48. The van der Waals surface area contributed by atoms with Crippen LogP contribution < -0.4 is 11.5 Å². The molecule has 0 saturated carbocycles. The topological polar surface area (TPSA) is 52.0 Å². The zero-order chi connectivity index (χ0) is 10.2. The Morgan fingerprint density at radius 1 is 1.08 bits per heavy atom. The summed E-state index contributed by atoms with van der Waals surface area (Å²) < 4.78 is 0. The van der Waals surface area contributed by atoms with E-state index in [2.05, 4.69) is 26.8 Å². The number of aryl methyl sites for hydroxylation is 1. The van der Waals surface area contributed by atoms with E-state index >= 15 is 0 Å². The molecule has 0 aliphatic heterocycles. The number of benzene rings is 1. The van der Waals surface area contributed by atoms with E-state index in [9.17, 15) is 0 Å². The summed E-state index contributed by atoms with van der Waals surface area (Å²) in [6, 6.07) is 4.06. The molecule has 0 aliphatic carbocycles. The van der Waals surface area contributed by atoms with Crippen molar-refractivity contribution in [3.63, 3.8) is 0 Å². The van der Waals surface area contributed by atoms with Crippen molar-refractivity contribution < 1.29 is 0 Å². The highest BCUT2D eigenvalue weighted by molar-refractivity contribution is 5.68. The predicted octanol–water partition coefficient (Wildman–Crippen LogP) is 2.46. The van der Waals surface area contributed by atoms with Gasteiger partial charge in [-0.25, -0.2) is 0 Å². The van der Waals surface area contributed by atoms with Crippen LogP contribution in [0.2, 0.25) is 0 Å². The highest BCUT2D eigenvalue weighted by atomic mass is 14.7. The fraction of sp³-hybridized carbons (Fsp3) is 0.455. The van der Waals surface area contributed by atoms with Gasteiger partial charge >= 0.3 is 0 Å². The molecule has 4 N–H and O–H groups in total. The van der Waals surface area contributed by atoms with Gasteiger partial charge in [0.15, 0.2) is 0 Å². The molecule has 72 valence electrons. The van der Waals surface area contributed by atoms with Crippen LogP contribution in [0.3, 0.4) is 0 Å². The van der Waals surface area contributed by atoms with Gasteiger partial charge in [-0.3, -0.25) is 0 Å². The SMILES string of the molecule is Cc1cc(C(C)(C)C)cc(N)c1N. The van der Waals surface area contributed by atoms with Crippen molar-refractivity contribution in [3.05, 3.63) is 23.3 Å². The fourth-order valence-electron chi connectivity index (χ4n) is 1.26. The molecule has 1 rings (SSSR count). The summed E-state index contributed by atoms with van der Waals surface area (Å²) in [4.78, 5) is 0. The van der Waals surface area contributed by atoms with E-state index in [-0.39, 0.29) is 5.41 Å². The van der Waals surface area contributed by atoms with E-state index in [0.717, 1.165) is 5.56 Å². The fourth-order valence-corrected chi connectivity index (χ4v) is 1.26. The Balaban J connectivity index is 3.29. The van der Waals surface area contributed by atoms with Crippen LogP contribution >= 0.6 is 0 Å². The van der Waals surface area contributed by atoms with Crippen LogP contribution in [0.15, 0.2) is 12.1 Å². The van der Waals surface area contributed by atoms with Gasteiger partial charge in [0.2, 0.25) is 0 Å². The van der Waals surface area contributed by atoms with E-state index in [1.54, 1.807) is 0 Å². The zero-order valence-electron chi connectivity index (χ0n) is 8.81. The first-order chi connectivity index (χ1) is 5.82. The summed E-state index contributed by atoms with van der Waals surface area (Å²) in [5.41, 5.74) is 15.4. The first-order valence-corrected chi connectivity index (χ1v) is 4.48. The van der Waals surface area contributed by atoms with Gasteiger partial charge in [0.05, 0.1) is 11.4 Å². The van der Waals surface area contributed by atoms with Crippen molar-refractivity contribution in [1.82, 2.24) is 0 Å². The maximum Gasteiger partial charge on any atom is 0.0577 e. The van der Waals surface area contributed by atoms with Gasteiger partial charge < -0.3 is 11.5 Å². The molecule has 0 atom stereocenters. The Morgan fingerprint density at radius 3 is 2.00 bits per heavy atom. The van der Waals surface area contributed by atoms with Crippen LogP contribution in [0.25, 0.3) is 0 Å². The van der Waals surface area contributed by atoms with Gasteiger partial charge in [0.1, 0.15) is 0 Å². The first-order valence-electron chi connectivity index (χ1n) is 4.48. The third-order valence-electron chi connectivity index (χ3n) is 2.28. The quantitative estimate of drug-likeness (QED) is 0.599. The van der Waals surface area contributed by atoms with Crippen LogP contribution in [0, 0.1) is 6.92 Å². The second kappa shape index (κ2) is 2.95. The summed E-state index contributed by atoms with van der Waals surface area (Å²) in [6.07, 6.45) is 0. The Bertz CT molecular complexity index is 298. The van der Waals surface area contributed by atoms with E-state index < -0.39 is 0 Å². The van der Waals surface area contributed by atoms with Crippen LogP contribution in [0.4, 0.5) is 11.4 Å². The van der Waals surface area contributed by atoms with Crippen LogP contribution in [-0.2, 0) is 5.41 Å². The molecule has 13 heavy (non-hydrogen) atoms.